The number of fused-ring (bicyclic) bond motifs is 5. The summed E-state index contributed by atoms with van der Waals surface area (Å²) >= 11 is 0. The lowest BCUT2D eigenvalue weighted by Crippen LogP contribution is -2.46. The van der Waals surface area contributed by atoms with E-state index in [0.29, 0.717) is 18.3 Å². The summed E-state index contributed by atoms with van der Waals surface area (Å²) in [5, 5.41) is 21.0. The number of hydrogen-bond acceptors (Lipinski definition) is 3. The predicted molar refractivity (Wildman–Crippen MR) is 85.0 cm³/mol. The maximum atomic E-state index is 10.5. The van der Waals surface area contributed by atoms with Gasteiger partial charge in [0.2, 0.25) is 0 Å². The number of rotatable bonds is 1. The van der Waals surface area contributed by atoms with Crippen LogP contribution in [0.3, 0.4) is 0 Å². The van der Waals surface area contributed by atoms with Crippen LogP contribution in [-0.2, 0) is 6.42 Å². The maximum absolute atomic E-state index is 10.5. The molecule has 0 radical (unpaired) electrons. The topological polar surface area (TPSA) is 49.7 Å². The third-order valence-electron chi connectivity index (χ3n) is 6.87. The molecule has 6 atom stereocenters. The number of aryl methyl sites for hydroxylation is 1. The van der Waals surface area contributed by atoms with Crippen molar-refractivity contribution < 1.29 is 14.9 Å². The van der Waals surface area contributed by atoms with E-state index in [1.165, 1.54) is 11.1 Å². The molecule has 2 saturated carbocycles. The molecule has 22 heavy (non-hydrogen) atoms. The molecule has 1 aromatic rings. The summed E-state index contributed by atoms with van der Waals surface area (Å²) in [6.45, 7) is 2.19. The Labute approximate surface area is 132 Å². The SMILES string of the molecule is COc1ccc2c(c1)CCC1C2CCC2(C)C(O)CC(O)C12. The molecule has 3 aliphatic carbocycles. The maximum Gasteiger partial charge on any atom is 0.119 e. The fourth-order valence-electron chi connectivity index (χ4n) is 5.72. The van der Waals surface area contributed by atoms with Crippen LogP contribution in [0.4, 0.5) is 0 Å². The van der Waals surface area contributed by atoms with Crippen LogP contribution in [0.1, 0.15) is 49.7 Å². The minimum atomic E-state index is -0.342. The van der Waals surface area contributed by atoms with Gasteiger partial charge < -0.3 is 14.9 Å². The van der Waals surface area contributed by atoms with E-state index in [1.54, 1.807) is 7.11 Å². The van der Waals surface area contributed by atoms with Crippen molar-refractivity contribution in [1.82, 2.24) is 0 Å². The zero-order valence-corrected chi connectivity index (χ0v) is 13.5. The molecule has 2 N–H and O–H groups in total. The lowest BCUT2D eigenvalue weighted by Gasteiger charge is -2.50. The second kappa shape index (κ2) is 4.97. The average Bonchev–Trinajstić information content (AvgIpc) is 2.76. The van der Waals surface area contributed by atoms with E-state index < -0.39 is 0 Å². The van der Waals surface area contributed by atoms with Gasteiger partial charge in [-0.3, -0.25) is 0 Å². The first-order valence-electron chi connectivity index (χ1n) is 8.57. The van der Waals surface area contributed by atoms with Crippen molar-refractivity contribution in [2.45, 2.75) is 57.2 Å². The standard InChI is InChI=1S/C19H26O3/c1-19-8-7-14-13-6-4-12(22-2)9-11(13)3-5-15(14)18(19)16(20)10-17(19)21/h4,6,9,14-18,20-21H,3,5,7-8,10H2,1-2H3. The van der Waals surface area contributed by atoms with Crippen molar-refractivity contribution in [2.24, 2.45) is 17.3 Å². The third kappa shape index (κ3) is 1.88. The van der Waals surface area contributed by atoms with Gasteiger partial charge in [-0.2, -0.15) is 0 Å². The van der Waals surface area contributed by atoms with Crippen LogP contribution in [0.25, 0.3) is 0 Å². The van der Waals surface area contributed by atoms with Crippen molar-refractivity contribution in [2.75, 3.05) is 7.11 Å². The smallest absolute Gasteiger partial charge is 0.119 e. The summed E-state index contributed by atoms with van der Waals surface area (Å²) in [5.74, 6) is 2.23. The minimum absolute atomic E-state index is 0.0927. The van der Waals surface area contributed by atoms with E-state index in [-0.39, 0.29) is 23.5 Å². The number of aliphatic hydroxyl groups excluding tert-OH is 2. The molecule has 4 rings (SSSR count). The van der Waals surface area contributed by atoms with Crippen LogP contribution in [0.15, 0.2) is 18.2 Å². The average molecular weight is 302 g/mol. The molecule has 0 spiro atoms. The molecule has 0 aromatic heterocycles. The molecular formula is C19H26O3. The van der Waals surface area contributed by atoms with E-state index in [0.717, 1.165) is 31.4 Å². The lowest BCUT2D eigenvalue weighted by atomic mass is 9.55. The fourth-order valence-corrected chi connectivity index (χ4v) is 5.72. The van der Waals surface area contributed by atoms with Gasteiger partial charge in [-0.25, -0.2) is 0 Å². The van der Waals surface area contributed by atoms with Gasteiger partial charge in [0.05, 0.1) is 19.3 Å². The monoisotopic (exact) mass is 302 g/mol. The molecule has 3 heteroatoms. The van der Waals surface area contributed by atoms with Gasteiger partial charge in [0, 0.05) is 6.42 Å². The van der Waals surface area contributed by atoms with E-state index in [2.05, 4.69) is 25.1 Å². The Morgan fingerprint density at radius 1 is 1.23 bits per heavy atom. The Hall–Kier alpha value is -1.06. The van der Waals surface area contributed by atoms with Crippen LogP contribution >= 0.6 is 0 Å². The van der Waals surface area contributed by atoms with Crippen molar-refractivity contribution in [3.63, 3.8) is 0 Å². The molecule has 3 nitrogen and oxygen atoms in total. The zero-order valence-electron chi connectivity index (χ0n) is 13.5. The van der Waals surface area contributed by atoms with Crippen LogP contribution in [0.2, 0.25) is 0 Å². The molecule has 2 fully saturated rings. The fraction of sp³-hybridized carbons (Fsp3) is 0.684. The largest absolute Gasteiger partial charge is 0.497 e. The number of benzene rings is 1. The number of aliphatic hydroxyl groups is 2. The molecule has 120 valence electrons. The number of ether oxygens (including phenoxy) is 1. The summed E-state index contributed by atoms with van der Waals surface area (Å²) < 4.78 is 5.36. The molecule has 3 aliphatic rings. The summed E-state index contributed by atoms with van der Waals surface area (Å²) in [5.41, 5.74) is 2.77. The summed E-state index contributed by atoms with van der Waals surface area (Å²) in [4.78, 5) is 0. The molecule has 1 aromatic carbocycles. The van der Waals surface area contributed by atoms with E-state index in [1.807, 2.05) is 0 Å². The van der Waals surface area contributed by atoms with E-state index in [4.69, 9.17) is 4.74 Å². The molecule has 6 unspecified atom stereocenters. The van der Waals surface area contributed by atoms with Gasteiger partial charge in [-0.1, -0.05) is 13.0 Å². The van der Waals surface area contributed by atoms with Crippen LogP contribution in [0.5, 0.6) is 5.75 Å². The summed E-state index contributed by atoms with van der Waals surface area (Å²) in [6, 6.07) is 6.47. The van der Waals surface area contributed by atoms with Crippen LogP contribution in [-0.4, -0.2) is 29.5 Å². The Morgan fingerprint density at radius 3 is 2.82 bits per heavy atom. The van der Waals surface area contributed by atoms with Crippen LogP contribution < -0.4 is 4.74 Å². The summed E-state index contributed by atoms with van der Waals surface area (Å²) in [7, 11) is 1.72. The number of methoxy groups -OCH3 is 1. The third-order valence-corrected chi connectivity index (χ3v) is 6.87. The van der Waals surface area contributed by atoms with Gasteiger partial charge in [0.1, 0.15) is 5.75 Å². The molecule has 0 amide bonds. The van der Waals surface area contributed by atoms with Crippen molar-refractivity contribution >= 4 is 0 Å². The van der Waals surface area contributed by atoms with Crippen molar-refractivity contribution in [3.05, 3.63) is 29.3 Å². The predicted octanol–water partition coefficient (Wildman–Crippen LogP) is 2.88. The number of hydrogen-bond donors (Lipinski definition) is 2. The summed E-state index contributed by atoms with van der Waals surface area (Å²) in [6.07, 6.45) is 4.19. The Bertz CT molecular complexity index is 584. The van der Waals surface area contributed by atoms with Crippen LogP contribution in [0, 0.1) is 17.3 Å². The molecule has 0 saturated heterocycles. The minimum Gasteiger partial charge on any atom is -0.497 e. The molecule has 0 heterocycles. The normalized spacial score (nSPS) is 43.2. The second-order valence-corrected chi connectivity index (χ2v) is 7.76. The van der Waals surface area contributed by atoms with Crippen molar-refractivity contribution in [1.29, 1.82) is 0 Å². The highest BCUT2D eigenvalue weighted by atomic mass is 16.5. The molecule has 0 aliphatic heterocycles. The molecular weight excluding hydrogens is 276 g/mol. The highest BCUT2D eigenvalue weighted by molar-refractivity contribution is 5.40. The Morgan fingerprint density at radius 2 is 2.05 bits per heavy atom. The quantitative estimate of drug-likeness (QED) is 0.838. The second-order valence-electron chi connectivity index (χ2n) is 7.76. The van der Waals surface area contributed by atoms with E-state index >= 15 is 0 Å². The van der Waals surface area contributed by atoms with Gasteiger partial charge in [-0.05, 0) is 72.1 Å². The molecule has 0 bridgehead atoms. The zero-order chi connectivity index (χ0) is 15.5. The van der Waals surface area contributed by atoms with Crippen molar-refractivity contribution in [3.8, 4) is 5.75 Å². The Balaban J connectivity index is 1.71. The van der Waals surface area contributed by atoms with Gasteiger partial charge >= 0.3 is 0 Å². The van der Waals surface area contributed by atoms with E-state index in [9.17, 15) is 10.2 Å². The first-order chi connectivity index (χ1) is 10.5. The highest BCUT2D eigenvalue weighted by Crippen LogP contribution is 2.60. The Kier molecular flexibility index (Phi) is 3.28. The first kappa shape index (κ1) is 14.5. The lowest BCUT2D eigenvalue weighted by molar-refractivity contribution is -0.0440. The van der Waals surface area contributed by atoms with Gasteiger partial charge in [0.25, 0.3) is 0 Å². The van der Waals surface area contributed by atoms with Gasteiger partial charge in [0.15, 0.2) is 0 Å². The highest BCUT2D eigenvalue weighted by Gasteiger charge is 2.58. The first-order valence-corrected chi connectivity index (χ1v) is 8.57. The van der Waals surface area contributed by atoms with Gasteiger partial charge in [-0.15, -0.1) is 0 Å².